The van der Waals surface area contributed by atoms with Crippen LogP contribution < -0.4 is 20.3 Å². The van der Waals surface area contributed by atoms with E-state index < -0.39 is 0 Å². The molecule has 0 atom stereocenters. The zero-order valence-electron chi connectivity index (χ0n) is 17.8. The number of rotatable bonds is 8. The molecule has 0 radical (unpaired) electrons. The Morgan fingerprint density at radius 1 is 0.931 bits per heavy atom. The van der Waals surface area contributed by atoms with Crippen LogP contribution in [-0.4, -0.2) is 30.2 Å². The molecular weight excluding hydrogens is 362 g/mol. The number of benzene rings is 2. The predicted molar refractivity (Wildman–Crippen MR) is 121 cm³/mol. The third-order valence-corrected chi connectivity index (χ3v) is 4.78. The van der Waals surface area contributed by atoms with Gasteiger partial charge in [0, 0.05) is 48.0 Å². The fraction of sp³-hybridized carbons (Fsp3) is 0.304. The molecule has 0 aliphatic carbocycles. The normalized spacial score (nSPS) is 10.5. The molecular formula is C23H29N5O. The first-order valence-corrected chi connectivity index (χ1v) is 9.91. The van der Waals surface area contributed by atoms with Crippen LogP contribution in [0.1, 0.15) is 25.1 Å². The lowest BCUT2D eigenvalue weighted by Crippen LogP contribution is -2.21. The average Bonchev–Trinajstić information content (AvgIpc) is 2.70. The first-order valence-electron chi connectivity index (χ1n) is 9.91. The average molecular weight is 392 g/mol. The number of hydrogen-bond acceptors (Lipinski definition) is 6. The number of aryl methyl sites for hydroxylation is 2. The number of aromatic nitrogens is 2. The highest BCUT2D eigenvalue weighted by Crippen LogP contribution is 2.26. The van der Waals surface area contributed by atoms with Gasteiger partial charge in [-0.3, -0.25) is 0 Å². The van der Waals surface area contributed by atoms with Crippen LogP contribution >= 0.6 is 0 Å². The number of hydrogen-bond donors (Lipinski definition) is 2. The SMILES string of the molecule is CCN(CC)c1ccc(Nc2cc(C)nc(Nc3cccc(OC)c3)n2)c(C)c1. The van der Waals surface area contributed by atoms with Gasteiger partial charge in [-0.25, -0.2) is 4.98 Å². The molecule has 0 fully saturated rings. The quantitative estimate of drug-likeness (QED) is 0.533. The standard InChI is InChI=1S/C23H29N5O/c1-6-28(7-2)19-11-12-21(16(3)13-19)26-22-14-17(4)24-23(27-22)25-18-9-8-10-20(15-18)29-5/h8-15H,6-7H2,1-5H3,(H2,24,25,26,27). The second-order valence-electron chi connectivity index (χ2n) is 6.87. The Hall–Kier alpha value is -3.28. The lowest BCUT2D eigenvalue weighted by Gasteiger charge is -2.22. The summed E-state index contributed by atoms with van der Waals surface area (Å²) in [5.74, 6) is 2.07. The largest absolute Gasteiger partial charge is 0.497 e. The molecule has 0 saturated heterocycles. The van der Waals surface area contributed by atoms with E-state index in [0.717, 1.165) is 41.7 Å². The van der Waals surface area contributed by atoms with Crippen molar-refractivity contribution in [2.75, 3.05) is 35.7 Å². The van der Waals surface area contributed by atoms with Crippen molar-refractivity contribution in [3.8, 4) is 5.75 Å². The molecule has 29 heavy (non-hydrogen) atoms. The summed E-state index contributed by atoms with van der Waals surface area (Å²) < 4.78 is 5.28. The van der Waals surface area contributed by atoms with E-state index in [1.54, 1.807) is 7.11 Å². The van der Waals surface area contributed by atoms with Crippen molar-refractivity contribution >= 4 is 28.8 Å². The van der Waals surface area contributed by atoms with Crippen LogP contribution in [0.5, 0.6) is 5.75 Å². The Morgan fingerprint density at radius 3 is 2.41 bits per heavy atom. The van der Waals surface area contributed by atoms with E-state index in [2.05, 4.69) is 64.5 Å². The van der Waals surface area contributed by atoms with Crippen LogP contribution in [0.4, 0.5) is 28.8 Å². The van der Waals surface area contributed by atoms with Gasteiger partial charge in [0.15, 0.2) is 0 Å². The highest BCUT2D eigenvalue weighted by atomic mass is 16.5. The van der Waals surface area contributed by atoms with Gasteiger partial charge in [-0.2, -0.15) is 4.98 Å². The molecule has 2 aromatic carbocycles. The highest BCUT2D eigenvalue weighted by Gasteiger charge is 2.08. The van der Waals surface area contributed by atoms with Crippen LogP contribution in [0.3, 0.4) is 0 Å². The Balaban J connectivity index is 1.81. The van der Waals surface area contributed by atoms with Crippen molar-refractivity contribution in [2.24, 2.45) is 0 Å². The topological polar surface area (TPSA) is 62.3 Å². The van der Waals surface area contributed by atoms with Crippen molar-refractivity contribution in [3.05, 3.63) is 59.8 Å². The van der Waals surface area contributed by atoms with Gasteiger partial charge < -0.3 is 20.3 Å². The molecule has 0 saturated carbocycles. The minimum Gasteiger partial charge on any atom is -0.497 e. The molecule has 3 rings (SSSR count). The van der Waals surface area contributed by atoms with E-state index in [1.807, 2.05) is 37.3 Å². The third kappa shape index (κ3) is 5.16. The summed E-state index contributed by atoms with van der Waals surface area (Å²) in [7, 11) is 1.65. The van der Waals surface area contributed by atoms with Gasteiger partial charge in [0.1, 0.15) is 11.6 Å². The fourth-order valence-corrected chi connectivity index (χ4v) is 3.23. The maximum absolute atomic E-state index is 5.28. The van der Waals surface area contributed by atoms with Crippen molar-refractivity contribution in [3.63, 3.8) is 0 Å². The van der Waals surface area contributed by atoms with E-state index in [-0.39, 0.29) is 0 Å². The second kappa shape index (κ2) is 9.28. The molecule has 3 aromatic rings. The molecule has 0 aliphatic rings. The van der Waals surface area contributed by atoms with Crippen LogP contribution in [0.15, 0.2) is 48.5 Å². The smallest absolute Gasteiger partial charge is 0.229 e. The minimum absolute atomic E-state index is 0.540. The van der Waals surface area contributed by atoms with E-state index in [9.17, 15) is 0 Å². The van der Waals surface area contributed by atoms with Crippen LogP contribution in [0.25, 0.3) is 0 Å². The van der Waals surface area contributed by atoms with Crippen LogP contribution in [0, 0.1) is 13.8 Å². The Labute approximate surface area is 173 Å². The molecule has 1 heterocycles. The van der Waals surface area contributed by atoms with Gasteiger partial charge >= 0.3 is 0 Å². The summed E-state index contributed by atoms with van der Waals surface area (Å²) >= 11 is 0. The maximum atomic E-state index is 5.28. The summed E-state index contributed by atoms with van der Waals surface area (Å²) in [4.78, 5) is 11.5. The Bertz CT molecular complexity index is 969. The molecule has 0 bridgehead atoms. The fourth-order valence-electron chi connectivity index (χ4n) is 3.23. The Morgan fingerprint density at radius 2 is 1.72 bits per heavy atom. The zero-order valence-corrected chi connectivity index (χ0v) is 17.8. The minimum atomic E-state index is 0.540. The monoisotopic (exact) mass is 391 g/mol. The molecule has 152 valence electrons. The number of ether oxygens (including phenoxy) is 1. The molecule has 0 aliphatic heterocycles. The van der Waals surface area contributed by atoms with Gasteiger partial charge in [-0.1, -0.05) is 6.07 Å². The van der Waals surface area contributed by atoms with Crippen molar-refractivity contribution in [1.82, 2.24) is 9.97 Å². The van der Waals surface area contributed by atoms with E-state index in [4.69, 9.17) is 4.74 Å². The molecule has 0 amide bonds. The van der Waals surface area contributed by atoms with Crippen LogP contribution in [0.2, 0.25) is 0 Å². The molecule has 2 N–H and O–H groups in total. The van der Waals surface area contributed by atoms with Crippen LogP contribution in [-0.2, 0) is 0 Å². The number of methoxy groups -OCH3 is 1. The second-order valence-corrected chi connectivity index (χ2v) is 6.87. The summed E-state index contributed by atoms with van der Waals surface area (Å²) in [5, 5.41) is 6.68. The summed E-state index contributed by atoms with van der Waals surface area (Å²) in [6, 6.07) is 16.1. The molecule has 1 aromatic heterocycles. The summed E-state index contributed by atoms with van der Waals surface area (Å²) in [6.07, 6.45) is 0. The summed E-state index contributed by atoms with van der Waals surface area (Å²) in [5.41, 5.74) is 5.20. The highest BCUT2D eigenvalue weighted by molar-refractivity contribution is 5.66. The zero-order chi connectivity index (χ0) is 20.8. The predicted octanol–water partition coefficient (Wildman–Crippen LogP) is 5.44. The molecule has 0 unspecified atom stereocenters. The van der Waals surface area contributed by atoms with Gasteiger partial charge in [0.2, 0.25) is 5.95 Å². The third-order valence-electron chi connectivity index (χ3n) is 4.78. The van der Waals surface area contributed by atoms with Gasteiger partial charge in [-0.15, -0.1) is 0 Å². The van der Waals surface area contributed by atoms with Gasteiger partial charge in [0.25, 0.3) is 0 Å². The van der Waals surface area contributed by atoms with E-state index in [1.165, 1.54) is 11.3 Å². The molecule has 0 spiro atoms. The number of nitrogens with zero attached hydrogens (tertiary/aromatic N) is 3. The summed E-state index contributed by atoms with van der Waals surface area (Å²) in [6.45, 7) is 10.4. The number of nitrogens with one attached hydrogen (secondary N) is 2. The lowest BCUT2D eigenvalue weighted by atomic mass is 10.1. The first-order chi connectivity index (χ1) is 14.0. The first kappa shape index (κ1) is 20.5. The van der Waals surface area contributed by atoms with E-state index in [0.29, 0.717) is 5.95 Å². The van der Waals surface area contributed by atoms with Gasteiger partial charge in [-0.05, 0) is 63.6 Å². The maximum Gasteiger partial charge on any atom is 0.229 e. The van der Waals surface area contributed by atoms with Crippen molar-refractivity contribution < 1.29 is 4.74 Å². The van der Waals surface area contributed by atoms with E-state index >= 15 is 0 Å². The molecule has 6 heteroatoms. The lowest BCUT2D eigenvalue weighted by molar-refractivity contribution is 0.415. The van der Waals surface area contributed by atoms with Crippen molar-refractivity contribution in [2.45, 2.75) is 27.7 Å². The molecule has 6 nitrogen and oxygen atoms in total. The van der Waals surface area contributed by atoms with Gasteiger partial charge in [0.05, 0.1) is 7.11 Å². The Kier molecular flexibility index (Phi) is 6.54. The number of anilines is 5. The van der Waals surface area contributed by atoms with Crippen molar-refractivity contribution in [1.29, 1.82) is 0 Å².